The highest BCUT2D eigenvalue weighted by Crippen LogP contribution is 2.12. The van der Waals surface area contributed by atoms with Gasteiger partial charge in [0, 0.05) is 33.2 Å². The van der Waals surface area contributed by atoms with Crippen molar-refractivity contribution in [2.24, 2.45) is 4.99 Å². The van der Waals surface area contributed by atoms with E-state index in [0.717, 1.165) is 13.0 Å². The molecule has 3 N–H and O–H groups in total. The molecule has 1 atom stereocenters. The fourth-order valence-corrected chi connectivity index (χ4v) is 2.84. The highest BCUT2D eigenvalue weighted by Gasteiger charge is 2.29. The first-order valence-electron chi connectivity index (χ1n) is 8.73. The quantitative estimate of drug-likeness (QED) is 0.357. The number of amides is 4. The van der Waals surface area contributed by atoms with E-state index in [1.54, 1.807) is 7.05 Å². The molecule has 0 radical (unpaired) electrons. The minimum atomic E-state index is -0.529. The van der Waals surface area contributed by atoms with E-state index in [1.807, 2.05) is 25.7 Å². The second-order valence-corrected chi connectivity index (χ2v) is 7.26. The monoisotopic (exact) mass is 368 g/mol. The van der Waals surface area contributed by atoms with Crippen molar-refractivity contribution in [2.75, 3.05) is 39.8 Å². The summed E-state index contributed by atoms with van der Waals surface area (Å²) in [5, 5.41) is 8.50. The van der Waals surface area contributed by atoms with Crippen molar-refractivity contribution >= 4 is 24.0 Å². The molecule has 0 aromatic rings. The fraction of sp³-hybridized carbons (Fsp3) is 0.750. The molecular formula is C16H28N6O4. The highest BCUT2D eigenvalue weighted by molar-refractivity contribution is 6.01. The summed E-state index contributed by atoms with van der Waals surface area (Å²) in [6, 6.07) is -0.385. The molecule has 0 aromatic heterocycles. The van der Waals surface area contributed by atoms with E-state index in [9.17, 15) is 14.4 Å². The molecular weight excluding hydrogens is 340 g/mol. The number of nitrogens with zero attached hydrogens (tertiary/aromatic N) is 3. The third-order valence-corrected chi connectivity index (χ3v) is 3.98. The number of likely N-dealkylation sites (tertiary alicyclic amines) is 1. The van der Waals surface area contributed by atoms with E-state index in [2.05, 4.69) is 20.9 Å². The van der Waals surface area contributed by atoms with Crippen LogP contribution >= 0.6 is 0 Å². The second kappa shape index (κ2) is 8.24. The van der Waals surface area contributed by atoms with E-state index in [1.165, 1.54) is 4.90 Å². The molecule has 2 aliphatic rings. The molecule has 10 heteroatoms. The van der Waals surface area contributed by atoms with Crippen molar-refractivity contribution < 1.29 is 19.1 Å². The van der Waals surface area contributed by atoms with Crippen LogP contribution in [0.5, 0.6) is 0 Å². The van der Waals surface area contributed by atoms with Crippen molar-refractivity contribution in [1.29, 1.82) is 0 Å². The molecule has 146 valence electrons. The Morgan fingerprint density at radius 3 is 2.69 bits per heavy atom. The molecule has 0 aromatic carbocycles. The number of urea groups is 1. The molecule has 2 saturated heterocycles. The van der Waals surface area contributed by atoms with Crippen LogP contribution in [0, 0.1) is 0 Å². The number of carbonyl (C=O) groups is 3. The maximum atomic E-state index is 11.9. The topological polar surface area (TPSA) is 115 Å². The minimum absolute atomic E-state index is 0.0191. The van der Waals surface area contributed by atoms with Gasteiger partial charge in [0.05, 0.1) is 12.6 Å². The van der Waals surface area contributed by atoms with Gasteiger partial charge in [-0.15, -0.1) is 0 Å². The first kappa shape index (κ1) is 19.8. The Hall–Kier alpha value is -2.52. The molecule has 1 unspecified atom stereocenters. The Bertz CT molecular complexity index is 570. The molecule has 0 saturated carbocycles. The van der Waals surface area contributed by atoms with Crippen molar-refractivity contribution in [3.05, 3.63) is 0 Å². The van der Waals surface area contributed by atoms with Gasteiger partial charge in [0.1, 0.15) is 5.60 Å². The lowest BCUT2D eigenvalue weighted by atomic mass is 10.2. The summed E-state index contributed by atoms with van der Waals surface area (Å²) < 4.78 is 5.27. The molecule has 26 heavy (non-hydrogen) atoms. The van der Waals surface area contributed by atoms with Gasteiger partial charge in [-0.1, -0.05) is 0 Å². The van der Waals surface area contributed by atoms with E-state index in [0.29, 0.717) is 19.0 Å². The van der Waals surface area contributed by atoms with Crippen LogP contribution in [-0.2, 0) is 9.53 Å². The summed E-state index contributed by atoms with van der Waals surface area (Å²) in [6.07, 6.45) is 0.360. The predicted octanol–water partition coefficient (Wildman–Crippen LogP) is -0.287. The zero-order valence-corrected chi connectivity index (χ0v) is 15.8. The molecule has 0 aliphatic carbocycles. The summed E-state index contributed by atoms with van der Waals surface area (Å²) in [7, 11) is 1.67. The van der Waals surface area contributed by atoms with Gasteiger partial charge in [-0.05, 0) is 27.2 Å². The smallest absolute Gasteiger partial charge is 0.407 e. The van der Waals surface area contributed by atoms with E-state index in [4.69, 9.17) is 4.74 Å². The van der Waals surface area contributed by atoms with Gasteiger partial charge < -0.3 is 25.6 Å². The second-order valence-electron chi connectivity index (χ2n) is 7.26. The molecule has 2 heterocycles. The molecule has 10 nitrogen and oxygen atoms in total. The predicted molar refractivity (Wildman–Crippen MR) is 95.8 cm³/mol. The fourth-order valence-electron chi connectivity index (χ4n) is 2.84. The number of aliphatic imine (C=N–C) groups is 1. The van der Waals surface area contributed by atoms with Gasteiger partial charge in [-0.3, -0.25) is 14.7 Å². The Morgan fingerprint density at radius 1 is 1.38 bits per heavy atom. The SMILES string of the molecule is CN=C(NCCN1C(=O)CNC1=O)N1CCC(NC(=O)OC(C)(C)C)C1. The van der Waals surface area contributed by atoms with Crippen LogP contribution in [-0.4, -0.2) is 85.2 Å². The third kappa shape index (κ3) is 5.50. The maximum absolute atomic E-state index is 11.9. The van der Waals surface area contributed by atoms with Gasteiger partial charge in [0.15, 0.2) is 5.96 Å². The van der Waals surface area contributed by atoms with E-state index < -0.39 is 11.7 Å². The van der Waals surface area contributed by atoms with Crippen LogP contribution in [0.4, 0.5) is 9.59 Å². The molecule has 2 fully saturated rings. The zero-order valence-electron chi connectivity index (χ0n) is 15.8. The number of guanidine groups is 1. The Labute approximate surface area is 153 Å². The largest absolute Gasteiger partial charge is 0.444 e. The lowest BCUT2D eigenvalue weighted by Crippen LogP contribution is -2.46. The number of rotatable bonds is 4. The van der Waals surface area contributed by atoms with Crippen LogP contribution in [0.2, 0.25) is 0 Å². The van der Waals surface area contributed by atoms with Crippen molar-refractivity contribution in [3.63, 3.8) is 0 Å². The zero-order chi connectivity index (χ0) is 19.3. The minimum Gasteiger partial charge on any atom is -0.444 e. The first-order valence-corrected chi connectivity index (χ1v) is 8.73. The van der Waals surface area contributed by atoms with Gasteiger partial charge >= 0.3 is 12.1 Å². The average Bonchev–Trinajstić information content (AvgIpc) is 3.10. The number of carbonyl (C=O) groups excluding carboxylic acids is 3. The number of hydrogen-bond acceptors (Lipinski definition) is 5. The van der Waals surface area contributed by atoms with Crippen molar-refractivity contribution in [1.82, 2.24) is 25.8 Å². The summed E-state index contributed by atoms with van der Waals surface area (Å²) in [4.78, 5) is 42.4. The number of hydrogen-bond donors (Lipinski definition) is 3. The van der Waals surface area contributed by atoms with Crippen LogP contribution < -0.4 is 16.0 Å². The van der Waals surface area contributed by atoms with Gasteiger partial charge in [-0.2, -0.15) is 0 Å². The summed E-state index contributed by atoms with van der Waals surface area (Å²) in [6.45, 7) is 7.56. The number of alkyl carbamates (subject to hydrolysis) is 1. The van der Waals surface area contributed by atoms with Crippen molar-refractivity contribution in [3.8, 4) is 0 Å². The number of ether oxygens (including phenoxy) is 1. The van der Waals surface area contributed by atoms with Crippen LogP contribution in [0.3, 0.4) is 0 Å². The van der Waals surface area contributed by atoms with Gasteiger partial charge in [0.2, 0.25) is 5.91 Å². The molecule has 2 aliphatic heterocycles. The molecule has 4 amide bonds. The molecule has 0 spiro atoms. The van der Waals surface area contributed by atoms with Crippen LogP contribution in [0.15, 0.2) is 4.99 Å². The summed E-state index contributed by atoms with van der Waals surface area (Å²) in [5.41, 5.74) is -0.529. The number of imide groups is 1. The lowest BCUT2D eigenvalue weighted by Gasteiger charge is -2.24. The highest BCUT2D eigenvalue weighted by atomic mass is 16.6. The maximum Gasteiger partial charge on any atom is 0.407 e. The summed E-state index contributed by atoms with van der Waals surface area (Å²) >= 11 is 0. The standard InChI is InChI=1S/C16H28N6O4/c1-16(2,3)26-15(25)20-11-5-7-21(10-11)13(17-4)18-6-8-22-12(23)9-19-14(22)24/h11H,5-10H2,1-4H3,(H,17,18)(H,19,24)(H,20,25). The molecule has 2 rings (SSSR count). The van der Waals surface area contributed by atoms with Crippen molar-refractivity contribution in [2.45, 2.75) is 38.8 Å². The molecule has 0 bridgehead atoms. The summed E-state index contributed by atoms with van der Waals surface area (Å²) in [5.74, 6) is 0.445. The Kier molecular flexibility index (Phi) is 6.27. The normalized spacial score (nSPS) is 21.1. The third-order valence-electron chi connectivity index (χ3n) is 3.98. The first-order chi connectivity index (χ1) is 12.2. The number of nitrogens with one attached hydrogen (secondary N) is 3. The average molecular weight is 368 g/mol. The van der Waals surface area contributed by atoms with Crippen LogP contribution in [0.1, 0.15) is 27.2 Å². The van der Waals surface area contributed by atoms with Crippen LogP contribution in [0.25, 0.3) is 0 Å². The van der Waals surface area contributed by atoms with Gasteiger partial charge in [-0.25, -0.2) is 9.59 Å². The lowest BCUT2D eigenvalue weighted by molar-refractivity contribution is -0.124. The van der Waals surface area contributed by atoms with E-state index in [-0.39, 0.29) is 31.1 Å². The Balaban J connectivity index is 1.76. The Morgan fingerprint density at radius 2 is 2.12 bits per heavy atom. The van der Waals surface area contributed by atoms with E-state index >= 15 is 0 Å². The van der Waals surface area contributed by atoms with Gasteiger partial charge in [0.25, 0.3) is 0 Å².